The fourth-order valence-corrected chi connectivity index (χ4v) is 1.80. The van der Waals surface area contributed by atoms with E-state index < -0.39 is 0 Å². The molecule has 0 aliphatic heterocycles. The van der Waals surface area contributed by atoms with E-state index in [1.54, 1.807) is 24.4 Å². The summed E-state index contributed by atoms with van der Waals surface area (Å²) in [4.78, 5) is 21.8. The molecule has 2 aromatic rings. The lowest BCUT2D eigenvalue weighted by molar-refractivity contribution is 0.0950. The molecule has 0 unspecified atom stereocenters. The number of anilines is 2. The van der Waals surface area contributed by atoms with Gasteiger partial charge in [-0.2, -0.15) is 0 Å². The van der Waals surface area contributed by atoms with Gasteiger partial charge in [0, 0.05) is 25.9 Å². The zero-order valence-corrected chi connectivity index (χ0v) is 11.5. The molecule has 0 aliphatic carbocycles. The van der Waals surface area contributed by atoms with Gasteiger partial charge >= 0.3 is 0 Å². The Morgan fingerprint density at radius 2 is 2.15 bits per heavy atom. The molecule has 6 nitrogen and oxygen atoms in total. The number of hydrogen-bond acceptors (Lipinski definition) is 5. The van der Waals surface area contributed by atoms with Crippen molar-refractivity contribution in [1.82, 2.24) is 15.3 Å². The average Bonchev–Trinajstić information content (AvgIpc) is 2.45. The maximum atomic E-state index is 12.0. The molecule has 0 bridgehead atoms. The normalized spacial score (nSPS) is 10.1. The molecule has 0 atom stereocenters. The summed E-state index contributed by atoms with van der Waals surface area (Å²) < 4.78 is 0. The monoisotopic (exact) mass is 271 g/mol. The Labute approximate surface area is 117 Å². The van der Waals surface area contributed by atoms with Crippen LogP contribution >= 0.6 is 0 Å². The summed E-state index contributed by atoms with van der Waals surface area (Å²) in [6.45, 7) is 0.358. The molecule has 1 amide bonds. The Morgan fingerprint density at radius 1 is 1.35 bits per heavy atom. The first-order chi connectivity index (χ1) is 9.58. The Hall–Kier alpha value is -2.63. The second-order valence-electron chi connectivity index (χ2n) is 4.55. The van der Waals surface area contributed by atoms with E-state index in [0.717, 1.165) is 11.4 Å². The maximum Gasteiger partial charge on any atom is 0.251 e. The van der Waals surface area contributed by atoms with Crippen LogP contribution in [0.1, 0.15) is 16.1 Å². The topological polar surface area (TPSA) is 84.1 Å². The molecule has 2 rings (SSSR count). The maximum absolute atomic E-state index is 12.0. The number of hydrogen-bond donors (Lipinski definition) is 2. The van der Waals surface area contributed by atoms with Crippen molar-refractivity contribution in [3.8, 4) is 0 Å². The third kappa shape index (κ3) is 3.23. The summed E-state index contributed by atoms with van der Waals surface area (Å²) in [6.07, 6.45) is 3.09. The lowest BCUT2D eigenvalue weighted by Gasteiger charge is -2.15. The van der Waals surface area contributed by atoms with E-state index in [2.05, 4.69) is 15.3 Å². The van der Waals surface area contributed by atoms with E-state index in [1.807, 2.05) is 25.1 Å². The van der Waals surface area contributed by atoms with E-state index in [1.165, 1.54) is 6.33 Å². The molecule has 0 fully saturated rings. The van der Waals surface area contributed by atoms with E-state index in [0.29, 0.717) is 17.8 Å². The van der Waals surface area contributed by atoms with Gasteiger partial charge in [0.05, 0.1) is 23.6 Å². The predicted molar refractivity (Wildman–Crippen MR) is 78.4 cm³/mol. The molecule has 3 N–H and O–H groups in total. The molecule has 1 aromatic heterocycles. The summed E-state index contributed by atoms with van der Waals surface area (Å²) in [7, 11) is 3.81. The van der Waals surface area contributed by atoms with E-state index >= 15 is 0 Å². The van der Waals surface area contributed by atoms with Crippen LogP contribution in [0.4, 0.5) is 11.4 Å². The number of nitrogen functional groups attached to an aromatic ring is 1. The standard InChI is InChI=1S/C14H17N5O/c1-19(2)13-4-3-10(7-12(13)15)14(20)17-8-11-5-6-16-9-18-11/h3-7,9H,8,15H2,1-2H3,(H,17,20). The number of benzene rings is 1. The van der Waals surface area contributed by atoms with Gasteiger partial charge in [0.15, 0.2) is 0 Å². The lowest BCUT2D eigenvalue weighted by atomic mass is 10.1. The molecule has 6 heteroatoms. The highest BCUT2D eigenvalue weighted by Crippen LogP contribution is 2.22. The first-order valence-electron chi connectivity index (χ1n) is 6.18. The van der Waals surface area contributed by atoms with Crippen molar-refractivity contribution >= 4 is 17.3 Å². The first-order valence-corrected chi connectivity index (χ1v) is 6.18. The largest absolute Gasteiger partial charge is 0.397 e. The van der Waals surface area contributed by atoms with Gasteiger partial charge in [-0.25, -0.2) is 9.97 Å². The first kappa shape index (κ1) is 13.8. The van der Waals surface area contributed by atoms with Crippen molar-refractivity contribution in [3.63, 3.8) is 0 Å². The zero-order valence-electron chi connectivity index (χ0n) is 11.5. The smallest absolute Gasteiger partial charge is 0.251 e. The molecular formula is C14H17N5O. The molecule has 0 spiro atoms. The molecule has 104 valence electrons. The molecule has 0 aliphatic rings. The number of amides is 1. The minimum atomic E-state index is -0.180. The Kier molecular flexibility index (Phi) is 4.14. The molecule has 20 heavy (non-hydrogen) atoms. The molecule has 0 saturated carbocycles. The van der Waals surface area contributed by atoms with Crippen molar-refractivity contribution in [3.05, 3.63) is 48.0 Å². The van der Waals surface area contributed by atoms with Gasteiger partial charge in [-0.05, 0) is 24.3 Å². The zero-order chi connectivity index (χ0) is 14.5. The summed E-state index contributed by atoms with van der Waals surface area (Å²) in [5.74, 6) is -0.180. The number of nitrogens with zero attached hydrogens (tertiary/aromatic N) is 3. The molecular weight excluding hydrogens is 254 g/mol. The van der Waals surface area contributed by atoms with E-state index in [4.69, 9.17) is 5.73 Å². The second kappa shape index (κ2) is 6.01. The fraction of sp³-hybridized carbons (Fsp3) is 0.214. The molecule has 1 heterocycles. The number of carbonyl (C=O) groups excluding carboxylic acids is 1. The van der Waals surface area contributed by atoms with E-state index in [-0.39, 0.29) is 5.91 Å². The van der Waals surface area contributed by atoms with Gasteiger partial charge in [-0.1, -0.05) is 0 Å². The number of carbonyl (C=O) groups is 1. The van der Waals surface area contributed by atoms with Crippen LogP contribution in [0.3, 0.4) is 0 Å². The Bertz CT molecular complexity index is 598. The van der Waals surface area contributed by atoms with Gasteiger partial charge in [-0.15, -0.1) is 0 Å². The summed E-state index contributed by atoms with van der Waals surface area (Å²) >= 11 is 0. The number of nitrogens with one attached hydrogen (secondary N) is 1. The van der Waals surface area contributed by atoms with Crippen LogP contribution in [0, 0.1) is 0 Å². The average molecular weight is 271 g/mol. The van der Waals surface area contributed by atoms with E-state index in [9.17, 15) is 4.79 Å². The highest BCUT2D eigenvalue weighted by molar-refractivity contribution is 5.96. The lowest BCUT2D eigenvalue weighted by Crippen LogP contribution is -2.23. The van der Waals surface area contributed by atoms with Crippen LogP contribution in [0.25, 0.3) is 0 Å². The van der Waals surface area contributed by atoms with Crippen LogP contribution in [0.5, 0.6) is 0 Å². The molecule has 1 aromatic carbocycles. The number of nitrogens with two attached hydrogens (primary N) is 1. The quantitative estimate of drug-likeness (QED) is 0.812. The van der Waals surface area contributed by atoms with Crippen molar-refractivity contribution in [2.45, 2.75) is 6.54 Å². The second-order valence-corrected chi connectivity index (χ2v) is 4.55. The van der Waals surface area contributed by atoms with Gasteiger partial charge in [0.1, 0.15) is 6.33 Å². The van der Waals surface area contributed by atoms with Gasteiger partial charge in [0.2, 0.25) is 0 Å². The highest BCUT2D eigenvalue weighted by atomic mass is 16.1. The van der Waals surface area contributed by atoms with Crippen molar-refractivity contribution in [2.75, 3.05) is 24.7 Å². The van der Waals surface area contributed by atoms with Gasteiger partial charge in [-0.3, -0.25) is 4.79 Å². The minimum absolute atomic E-state index is 0.180. The molecule has 0 radical (unpaired) electrons. The summed E-state index contributed by atoms with van der Waals surface area (Å²) in [6, 6.07) is 7.00. The van der Waals surface area contributed by atoms with Crippen molar-refractivity contribution < 1.29 is 4.79 Å². The van der Waals surface area contributed by atoms with Crippen molar-refractivity contribution in [1.29, 1.82) is 0 Å². The third-order valence-corrected chi connectivity index (χ3v) is 2.84. The minimum Gasteiger partial charge on any atom is -0.397 e. The molecule has 0 saturated heterocycles. The number of rotatable bonds is 4. The summed E-state index contributed by atoms with van der Waals surface area (Å²) in [5, 5.41) is 2.79. The fourth-order valence-electron chi connectivity index (χ4n) is 1.80. The SMILES string of the molecule is CN(C)c1ccc(C(=O)NCc2ccncn2)cc1N. The Morgan fingerprint density at radius 3 is 2.75 bits per heavy atom. The van der Waals surface area contributed by atoms with Crippen LogP contribution in [-0.2, 0) is 6.54 Å². The van der Waals surface area contributed by atoms with Gasteiger partial charge < -0.3 is 16.0 Å². The van der Waals surface area contributed by atoms with Crippen LogP contribution < -0.4 is 16.0 Å². The van der Waals surface area contributed by atoms with Crippen molar-refractivity contribution in [2.24, 2.45) is 0 Å². The Balaban J connectivity index is 2.04. The number of aromatic nitrogens is 2. The summed E-state index contributed by atoms with van der Waals surface area (Å²) in [5.41, 5.74) is 8.67. The van der Waals surface area contributed by atoms with Crippen LogP contribution in [-0.4, -0.2) is 30.0 Å². The van der Waals surface area contributed by atoms with Crippen LogP contribution in [0.2, 0.25) is 0 Å². The predicted octanol–water partition coefficient (Wildman–Crippen LogP) is 1.05. The highest BCUT2D eigenvalue weighted by Gasteiger charge is 2.09. The van der Waals surface area contributed by atoms with Gasteiger partial charge in [0.25, 0.3) is 5.91 Å². The third-order valence-electron chi connectivity index (χ3n) is 2.84. The van der Waals surface area contributed by atoms with Crippen LogP contribution in [0.15, 0.2) is 36.8 Å².